The minimum Gasteiger partial charge on any atom is -0.484 e. The number of aromatic nitrogens is 3. The Kier molecular flexibility index (Phi) is 5.06. The molecule has 2 aromatic rings. The summed E-state index contributed by atoms with van der Waals surface area (Å²) >= 11 is 0. The van der Waals surface area contributed by atoms with Crippen LogP contribution in [0.25, 0.3) is 0 Å². The molecule has 0 aliphatic heterocycles. The lowest BCUT2D eigenvalue weighted by Gasteiger charge is -2.07. The van der Waals surface area contributed by atoms with E-state index in [1.54, 1.807) is 13.1 Å². The maximum atomic E-state index is 5.54. The molecule has 0 aliphatic rings. The third kappa shape index (κ3) is 4.62. The normalized spacial score (nSPS) is 11.0. The fourth-order valence-electron chi connectivity index (χ4n) is 1.64. The Morgan fingerprint density at radius 1 is 1.35 bits per heavy atom. The average molecular weight is 276 g/mol. The Hall–Kier alpha value is -1.95. The number of nitrogens with one attached hydrogen (secondary N) is 1. The first kappa shape index (κ1) is 14.5. The van der Waals surface area contributed by atoms with E-state index in [9.17, 15) is 0 Å². The van der Waals surface area contributed by atoms with E-state index in [1.807, 2.05) is 12.1 Å². The van der Waals surface area contributed by atoms with Crippen LogP contribution in [-0.4, -0.2) is 21.7 Å². The van der Waals surface area contributed by atoms with E-state index in [4.69, 9.17) is 9.26 Å². The zero-order valence-corrected chi connectivity index (χ0v) is 12.1. The molecule has 0 fully saturated rings. The molecular weight excluding hydrogens is 256 g/mol. The van der Waals surface area contributed by atoms with Crippen LogP contribution >= 0.6 is 0 Å². The lowest BCUT2D eigenvalue weighted by atomic mass is 10.2. The molecule has 0 radical (unpaired) electrons. The summed E-state index contributed by atoms with van der Waals surface area (Å²) in [7, 11) is 0. The van der Waals surface area contributed by atoms with Crippen molar-refractivity contribution in [2.45, 2.75) is 33.9 Å². The fourth-order valence-corrected chi connectivity index (χ4v) is 1.64. The molecule has 0 bridgehead atoms. The summed E-state index contributed by atoms with van der Waals surface area (Å²) in [5.74, 6) is 2.40. The molecule has 108 valence electrons. The number of nitrogens with zero attached hydrogens (tertiary/aromatic N) is 3. The molecule has 0 spiro atoms. The molecule has 0 unspecified atom stereocenters. The van der Waals surface area contributed by atoms with Crippen LogP contribution in [0.3, 0.4) is 0 Å². The van der Waals surface area contributed by atoms with Gasteiger partial charge < -0.3 is 14.6 Å². The molecular formula is C14H20N4O2. The van der Waals surface area contributed by atoms with Crippen molar-refractivity contribution in [2.24, 2.45) is 5.92 Å². The van der Waals surface area contributed by atoms with Gasteiger partial charge in [0, 0.05) is 13.5 Å². The second-order valence-corrected chi connectivity index (χ2v) is 5.03. The van der Waals surface area contributed by atoms with Crippen LogP contribution in [0.5, 0.6) is 5.75 Å². The van der Waals surface area contributed by atoms with Crippen molar-refractivity contribution >= 4 is 0 Å². The van der Waals surface area contributed by atoms with Crippen LogP contribution in [-0.2, 0) is 13.2 Å². The minimum absolute atomic E-state index is 0.282. The lowest BCUT2D eigenvalue weighted by Crippen LogP contribution is -2.19. The fraction of sp³-hybridized carbons (Fsp3) is 0.500. The van der Waals surface area contributed by atoms with Gasteiger partial charge in [0.2, 0.25) is 11.7 Å². The number of pyridine rings is 1. The quantitative estimate of drug-likeness (QED) is 0.835. The predicted octanol–water partition coefficient (Wildman–Crippen LogP) is 2.10. The number of aryl methyl sites for hydroxylation is 1. The molecule has 6 nitrogen and oxygen atoms in total. The average Bonchev–Trinajstić information content (AvgIpc) is 2.83. The molecule has 0 aromatic carbocycles. The monoisotopic (exact) mass is 276 g/mol. The van der Waals surface area contributed by atoms with Gasteiger partial charge in [0.05, 0.1) is 11.9 Å². The van der Waals surface area contributed by atoms with E-state index in [-0.39, 0.29) is 6.61 Å². The molecule has 0 saturated carbocycles. The Morgan fingerprint density at radius 3 is 2.80 bits per heavy atom. The van der Waals surface area contributed by atoms with Crippen LogP contribution in [0, 0.1) is 12.8 Å². The Morgan fingerprint density at radius 2 is 2.20 bits per heavy atom. The highest BCUT2D eigenvalue weighted by Gasteiger charge is 2.03. The highest BCUT2D eigenvalue weighted by atomic mass is 16.5. The summed E-state index contributed by atoms with van der Waals surface area (Å²) in [5.41, 5.74) is 0.994. The van der Waals surface area contributed by atoms with Crippen LogP contribution in [0.2, 0.25) is 0 Å². The first-order valence-corrected chi connectivity index (χ1v) is 6.71. The summed E-state index contributed by atoms with van der Waals surface area (Å²) in [6, 6.07) is 3.84. The smallest absolute Gasteiger partial charge is 0.223 e. The first-order chi connectivity index (χ1) is 9.63. The van der Waals surface area contributed by atoms with Crippen LogP contribution in [0.1, 0.15) is 31.3 Å². The van der Waals surface area contributed by atoms with E-state index in [0.717, 1.165) is 18.8 Å². The maximum absolute atomic E-state index is 5.54. The van der Waals surface area contributed by atoms with Crippen LogP contribution < -0.4 is 10.1 Å². The van der Waals surface area contributed by atoms with Crippen molar-refractivity contribution in [1.29, 1.82) is 0 Å². The van der Waals surface area contributed by atoms with Crippen molar-refractivity contribution in [1.82, 2.24) is 20.4 Å². The van der Waals surface area contributed by atoms with Gasteiger partial charge >= 0.3 is 0 Å². The molecule has 2 heterocycles. The summed E-state index contributed by atoms with van der Waals surface area (Å²) in [5, 5.41) is 7.11. The summed E-state index contributed by atoms with van der Waals surface area (Å²) in [6.45, 7) is 8.13. The molecule has 1 N–H and O–H groups in total. The number of hydrogen-bond acceptors (Lipinski definition) is 6. The first-order valence-electron chi connectivity index (χ1n) is 6.71. The minimum atomic E-state index is 0.282. The highest BCUT2D eigenvalue weighted by molar-refractivity contribution is 5.19. The second kappa shape index (κ2) is 7.00. The molecule has 2 aromatic heterocycles. The molecule has 0 saturated heterocycles. The lowest BCUT2D eigenvalue weighted by molar-refractivity contribution is 0.284. The number of rotatable bonds is 7. The van der Waals surface area contributed by atoms with Gasteiger partial charge in [-0.3, -0.25) is 4.98 Å². The Balaban J connectivity index is 1.79. The van der Waals surface area contributed by atoms with E-state index >= 15 is 0 Å². The van der Waals surface area contributed by atoms with Crippen molar-refractivity contribution < 1.29 is 9.26 Å². The van der Waals surface area contributed by atoms with E-state index in [2.05, 4.69) is 34.3 Å². The van der Waals surface area contributed by atoms with Gasteiger partial charge in [-0.1, -0.05) is 19.0 Å². The molecule has 2 rings (SSSR count). The van der Waals surface area contributed by atoms with Gasteiger partial charge in [0.1, 0.15) is 5.75 Å². The molecule has 0 aliphatic carbocycles. The zero-order chi connectivity index (χ0) is 14.4. The van der Waals surface area contributed by atoms with Crippen LogP contribution in [0.15, 0.2) is 22.9 Å². The summed E-state index contributed by atoms with van der Waals surface area (Å²) < 4.78 is 10.4. The summed E-state index contributed by atoms with van der Waals surface area (Å²) in [4.78, 5) is 8.41. The maximum Gasteiger partial charge on any atom is 0.223 e. The Bertz CT molecular complexity index is 522. The van der Waals surface area contributed by atoms with Gasteiger partial charge in [-0.15, -0.1) is 0 Å². The summed E-state index contributed by atoms with van der Waals surface area (Å²) in [6.07, 6.45) is 1.71. The van der Waals surface area contributed by atoms with Gasteiger partial charge in [-0.05, 0) is 24.6 Å². The number of ether oxygens (including phenoxy) is 1. The van der Waals surface area contributed by atoms with Gasteiger partial charge in [0.25, 0.3) is 0 Å². The third-order valence-corrected chi connectivity index (χ3v) is 2.59. The Labute approximate surface area is 118 Å². The van der Waals surface area contributed by atoms with E-state index in [1.165, 1.54) is 0 Å². The number of hydrogen-bond donors (Lipinski definition) is 1. The predicted molar refractivity (Wildman–Crippen MR) is 74.1 cm³/mol. The molecule has 0 atom stereocenters. The van der Waals surface area contributed by atoms with E-state index in [0.29, 0.717) is 23.4 Å². The zero-order valence-electron chi connectivity index (χ0n) is 12.1. The van der Waals surface area contributed by atoms with Crippen LogP contribution in [0.4, 0.5) is 0 Å². The molecule has 6 heteroatoms. The van der Waals surface area contributed by atoms with Crippen molar-refractivity contribution in [3.05, 3.63) is 35.7 Å². The topological polar surface area (TPSA) is 73.1 Å². The standard InChI is InChI=1S/C14H20N4O2/c1-10(2)6-15-7-12-4-5-13(8-16-12)19-9-14-17-11(3)20-18-14/h4-5,8,10,15H,6-7,9H2,1-3H3. The van der Waals surface area contributed by atoms with E-state index < -0.39 is 0 Å². The SMILES string of the molecule is Cc1nc(COc2ccc(CNCC(C)C)nc2)no1. The highest BCUT2D eigenvalue weighted by Crippen LogP contribution is 2.11. The largest absolute Gasteiger partial charge is 0.484 e. The van der Waals surface area contributed by atoms with Gasteiger partial charge in [-0.2, -0.15) is 4.98 Å². The second-order valence-electron chi connectivity index (χ2n) is 5.03. The van der Waals surface area contributed by atoms with Gasteiger partial charge in [0.15, 0.2) is 6.61 Å². The van der Waals surface area contributed by atoms with Gasteiger partial charge in [-0.25, -0.2) is 0 Å². The molecule has 0 amide bonds. The molecule has 20 heavy (non-hydrogen) atoms. The van der Waals surface area contributed by atoms with Crippen molar-refractivity contribution in [3.8, 4) is 5.75 Å². The van der Waals surface area contributed by atoms with Crippen molar-refractivity contribution in [3.63, 3.8) is 0 Å². The van der Waals surface area contributed by atoms with Crippen molar-refractivity contribution in [2.75, 3.05) is 6.54 Å². The third-order valence-electron chi connectivity index (χ3n) is 2.59.